The molecule has 0 radical (unpaired) electrons. The van der Waals surface area contributed by atoms with Crippen molar-refractivity contribution in [3.63, 3.8) is 0 Å². The number of aliphatic hydroxyl groups excluding tert-OH is 1. The van der Waals surface area contributed by atoms with Crippen LogP contribution in [0.1, 0.15) is 34.1 Å². The van der Waals surface area contributed by atoms with E-state index >= 15 is 0 Å². The molecule has 106 valence electrons. The average molecular weight is 335 g/mol. The minimum Gasteiger partial charge on any atom is -0.408 e. The molecule has 0 bridgehead atoms. The van der Waals surface area contributed by atoms with E-state index in [0.717, 1.165) is 24.6 Å². The predicted octanol–water partition coefficient (Wildman–Crippen LogP) is 4.61. The molecule has 0 amide bonds. The van der Waals surface area contributed by atoms with Crippen molar-refractivity contribution in [3.05, 3.63) is 23.2 Å². The highest BCUT2D eigenvalue weighted by atomic mass is 79.9. The molecule has 0 aliphatic carbocycles. The van der Waals surface area contributed by atoms with Crippen molar-refractivity contribution in [1.29, 1.82) is 0 Å². The highest BCUT2D eigenvalue weighted by Gasteiger charge is 2.36. The third kappa shape index (κ3) is 5.82. The van der Waals surface area contributed by atoms with Crippen LogP contribution in [0, 0.1) is 0 Å². The maximum Gasteiger partial charge on any atom is 0.193 e. The molecule has 0 aromatic heterocycles. The summed E-state index contributed by atoms with van der Waals surface area (Å²) in [6, 6.07) is 3.42. The molecule has 0 aromatic carbocycles. The lowest BCUT2D eigenvalue weighted by molar-refractivity contribution is 0.128. The highest BCUT2D eigenvalue weighted by molar-refractivity contribution is 9.11. The van der Waals surface area contributed by atoms with Gasteiger partial charge in [-0.1, -0.05) is 54.9 Å². The van der Waals surface area contributed by atoms with Gasteiger partial charge in [-0.2, -0.15) is 0 Å². The summed E-state index contributed by atoms with van der Waals surface area (Å²) in [7, 11) is -1.63. The molecular formula is C14H27BrO2Si. The molecule has 0 saturated heterocycles. The van der Waals surface area contributed by atoms with E-state index in [4.69, 9.17) is 9.53 Å². The van der Waals surface area contributed by atoms with Crippen LogP contribution in [0.5, 0.6) is 0 Å². The second-order valence-corrected chi connectivity index (χ2v) is 10.0. The Bertz CT molecular complexity index is 267. The number of aliphatic hydroxyl groups is 1. The number of rotatable bonds is 9. The lowest BCUT2D eigenvalue weighted by atomic mass is 10.0. The first-order valence-electron chi connectivity index (χ1n) is 6.75. The van der Waals surface area contributed by atoms with Gasteiger partial charge in [0.15, 0.2) is 8.32 Å². The highest BCUT2D eigenvalue weighted by Crippen LogP contribution is 2.31. The summed E-state index contributed by atoms with van der Waals surface area (Å²) in [6.45, 7) is 8.87. The molecule has 0 fully saturated rings. The summed E-state index contributed by atoms with van der Waals surface area (Å²) in [5.74, 6) is 0. The van der Waals surface area contributed by atoms with Gasteiger partial charge < -0.3 is 9.53 Å². The van der Waals surface area contributed by atoms with Gasteiger partial charge in [-0.25, -0.2) is 0 Å². The average Bonchev–Trinajstić information content (AvgIpc) is 2.41. The molecule has 0 spiro atoms. The van der Waals surface area contributed by atoms with Crippen LogP contribution in [0.3, 0.4) is 0 Å². The van der Waals surface area contributed by atoms with Crippen LogP contribution in [0.25, 0.3) is 0 Å². The van der Waals surface area contributed by atoms with Gasteiger partial charge in [0.2, 0.25) is 0 Å². The normalized spacial score (nSPS) is 16.6. The predicted molar refractivity (Wildman–Crippen MR) is 85.6 cm³/mol. The number of halogens is 1. The molecule has 0 heterocycles. The van der Waals surface area contributed by atoms with Gasteiger partial charge in [0, 0.05) is 0 Å². The zero-order valence-electron chi connectivity index (χ0n) is 12.1. The van der Waals surface area contributed by atoms with Crippen LogP contribution >= 0.6 is 15.9 Å². The Morgan fingerprint density at radius 1 is 1.17 bits per heavy atom. The van der Waals surface area contributed by atoms with Crippen molar-refractivity contribution < 1.29 is 9.53 Å². The Hall–Kier alpha value is 0.0969. The second kappa shape index (κ2) is 9.07. The molecule has 0 rings (SSSR count). The van der Waals surface area contributed by atoms with Crippen LogP contribution in [-0.4, -0.2) is 25.6 Å². The van der Waals surface area contributed by atoms with E-state index in [1.165, 1.54) is 0 Å². The molecule has 0 unspecified atom stereocenters. The summed E-state index contributed by atoms with van der Waals surface area (Å²) < 4.78 is 6.55. The minimum absolute atomic E-state index is 0.0654. The van der Waals surface area contributed by atoms with Crippen LogP contribution in [0.4, 0.5) is 0 Å². The Labute approximate surface area is 121 Å². The summed E-state index contributed by atoms with van der Waals surface area (Å²) in [5.41, 5.74) is -0.304. The van der Waals surface area contributed by atoms with Gasteiger partial charge in [-0.15, -0.1) is 0 Å². The fourth-order valence-corrected chi connectivity index (χ4v) is 5.45. The lowest BCUT2D eigenvalue weighted by Crippen LogP contribution is -2.44. The Morgan fingerprint density at radius 2 is 1.72 bits per heavy atom. The third-order valence-corrected chi connectivity index (χ3v) is 8.71. The molecule has 2 nitrogen and oxygen atoms in total. The molecular weight excluding hydrogens is 308 g/mol. The zero-order valence-corrected chi connectivity index (χ0v) is 14.7. The molecule has 4 heteroatoms. The van der Waals surface area contributed by atoms with Crippen molar-refractivity contribution in [3.8, 4) is 0 Å². The summed E-state index contributed by atoms with van der Waals surface area (Å²) in [4.78, 5) is 1.87. The molecule has 1 atom stereocenters. The number of hydrogen-bond donors (Lipinski definition) is 1. The lowest BCUT2D eigenvalue weighted by Gasteiger charge is -2.38. The largest absolute Gasteiger partial charge is 0.408 e. The molecule has 0 saturated carbocycles. The molecule has 1 N–H and O–H groups in total. The van der Waals surface area contributed by atoms with Crippen molar-refractivity contribution in [2.24, 2.45) is 0 Å². The van der Waals surface area contributed by atoms with E-state index in [2.05, 4.69) is 49.7 Å². The van der Waals surface area contributed by atoms with E-state index < -0.39 is 8.32 Å². The maximum absolute atomic E-state index is 8.97. The van der Waals surface area contributed by atoms with Gasteiger partial charge in [-0.05, 0) is 36.5 Å². The van der Waals surface area contributed by atoms with Gasteiger partial charge in [0.25, 0.3) is 0 Å². The quantitative estimate of drug-likeness (QED) is 0.492. The van der Waals surface area contributed by atoms with E-state index in [9.17, 15) is 0 Å². The first-order valence-corrected chi connectivity index (χ1v) is 10.2. The summed E-state index contributed by atoms with van der Waals surface area (Å²) >= 11 is 3.30. The monoisotopic (exact) mass is 334 g/mol. The van der Waals surface area contributed by atoms with Crippen LogP contribution < -0.4 is 0 Å². The third-order valence-electron chi connectivity index (χ3n) is 3.57. The van der Waals surface area contributed by atoms with Gasteiger partial charge in [0.05, 0.1) is 12.2 Å². The summed E-state index contributed by atoms with van der Waals surface area (Å²) in [6.07, 6.45) is 6.66. The Morgan fingerprint density at radius 3 is 2.11 bits per heavy atom. The Balaban J connectivity index is 5.01. The smallest absolute Gasteiger partial charge is 0.193 e. The zero-order chi connectivity index (χ0) is 14.1. The van der Waals surface area contributed by atoms with Crippen LogP contribution in [-0.2, 0) is 4.43 Å². The standard InChI is InChI=1S/C14H27BrO2Si/c1-5-18(6-2,7-3)17-14(4,10-8-12-15)11-9-13-16/h8-9,11-12,16H,5-7,10,13H2,1-4H3/b11-9+,12-8+/t14-/m0/s1. The van der Waals surface area contributed by atoms with Crippen LogP contribution in [0.15, 0.2) is 23.2 Å². The van der Waals surface area contributed by atoms with Gasteiger partial charge >= 0.3 is 0 Å². The second-order valence-electron chi connectivity index (χ2n) is 4.81. The van der Waals surface area contributed by atoms with E-state index in [-0.39, 0.29) is 12.2 Å². The first kappa shape index (κ1) is 18.1. The van der Waals surface area contributed by atoms with Crippen molar-refractivity contribution in [2.75, 3.05) is 6.61 Å². The van der Waals surface area contributed by atoms with Crippen LogP contribution in [0.2, 0.25) is 18.1 Å². The fraction of sp³-hybridized carbons (Fsp3) is 0.714. The molecule has 0 aromatic rings. The Kier molecular flexibility index (Phi) is 9.12. The number of hydrogen-bond acceptors (Lipinski definition) is 2. The topological polar surface area (TPSA) is 29.5 Å². The minimum atomic E-state index is -1.63. The van der Waals surface area contributed by atoms with Gasteiger partial charge in [0.1, 0.15) is 0 Å². The van der Waals surface area contributed by atoms with Crippen molar-refractivity contribution in [2.45, 2.75) is 57.8 Å². The van der Waals surface area contributed by atoms with E-state index in [1.807, 2.05) is 11.1 Å². The van der Waals surface area contributed by atoms with E-state index in [0.29, 0.717) is 0 Å². The summed E-state index contributed by atoms with van der Waals surface area (Å²) in [5, 5.41) is 8.97. The fourth-order valence-electron chi connectivity index (χ4n) is 2.19. The molecule has 18 heavy (non-hydrogen) atoms. The molecule has 0 aliphatic rings. The first-order chi connectivity index (χ1) is 8.51. The van der Waals surface area contributed by atoms with Crippen molar-refractivity contribution in [1.82, 2.24) is 0 Å². The maximum atomic E-state index is 8.97. The SMILES string of the molecule is CC[Si](CC)(CC)O[C@](C)(/C=C/CO)C/C=C/Br. The van der Waals surface area contributed by atoms with Crippen molar-refractivity contribution >= 4 is 24.2 Å². The molecule has 0 aliphatic heterocycles. The van der Waals surface area contributed by atoms with E-state index in [1.54, 1.807) is 6.08 Å². The van der Waals surface area contributed by atoms with Gasteiger partial charge in [-0.3, -0.25) is 0 Å².